The number of carboxylic acid groups (broad SMARTS) is 1. The first kappa shape index (κ1) is 12.5. The zero-order chi connectivity index (χ0) is 12.4. The number of thiazole rings is 1. The van der Waals surface area contributed by atoms with Crippen LogP contribution in [0.2, 0.25) is 0 Å². The molecule has 17 heavy (non-hydrogen) atoms. The fourth-order valence-corrected chi connectivity index (χ4v) is 2.87. The molecule has 1 aromatic heterocycles. The van der Waals surface area contributed by atoms with Crippen molar-refractivity contribution < 1.29 is 19.4 Å². The molecule has 0 spiro atoms. The van der Waals surface area contributed by atoms with Crippen molar-refractivity contribution in [2.75, 3.05) is 14.2 Å². The zero-order valence-electron chi connectivity index (χ0n) is 9.80. The van der Waals surface area contributed by atoms with Crippen LogP contribution in [-0.2, 0) is 16.1 Å². The predicted octanol–water partition coefficient (Wildman–Crippen LogP) is 2.09. The molecule has 1 aliphatic rings. The second-order valence-corrected chi connectivity index (χ2v) is 5.09. The normalized spacial score (nSPS) is 17.1. The predicted molar refractivity (Wildman–Crippen MR) is 62.3 cm³/mol. The van der Waals surface area contributed by atoms with Crippen molar-refractivity contribution >= 4 is 17.3 Å². The molecule has 1 unspecified atom stereocenters. The van der Waals surface area contributed by atoms with Crippen LogP contribution in [0.25, 0.3) is 0 Å². The van der Waals surface area contributed by atoms with Gasteiger partial charge in [-0.1, -0.05) is 0 Å². The summed E-state index contributed by atoms with van der Waals surface area (Å²) in [5, 5.41) is 9.84. The smallest absolute Gasteiger partial charge is 0.347 e. The third kappa shape index (κ3) is 2.65. The summed E-state index contributed by atoms with van der Waals surface area (Å²) in [5.74, 6) is -0.463. The van der Waals surface area contributed by atoms with E-state index in [1.165, 1.54) is 18.4 Å². The molecular weight excluding hydrogens is 242 g/mol. The molecule has 1 atom stereocenters. The number of ether oxygens (including phenoxy) is 2. The lowest BCUT2D eigenvalue weighted by molar-refractivity contribution is 0.0696. The molecular formula is C11H15NO4S. The first-order valence-corrected chi connectivity index (χ1v) is 6.23. The molecule has 1 saturated carbocycles. The molecule has 1 aliphatic carbocycles. The summed E-state index contributed by atoms with van der Waals surface area (Å²) in [6.07, 6.45) is 2.18. The van der Waals surface area contributed by atoms with Crippen LogP contribution in [0.3, 0.4) is 0 Å². The van der Waals surface area contributed by atoms with Crippen LogP contribution in [0.5, 0.6) is 0 Å². The Bertz CT molecular complexity index is 414. The van der Waals surface area contributed by atoms with Crippen molar-refractivity contribution in [3.05, 3.63) is 15.6 Å². The van der Waals surface area contributed by atoms with Crippen LogP contribution in [0.4, 0.5) is 0 Å². The molecule has 1 heterocycles. The number of hydrogen-bond acceptors (Lipinski definition) is 5. The Labute approximate surface area is 103 Å². The average molecular weight is 257 g/mol. The Hall–Kier alpha value is -0.980. The largest absolute Gasteiger partial charge is 0.477 e. The SMILES string of the molecule is COCc1nc(C(OC)C2CC2)sc1C(=O)O. The van der Waals surface area contributed by atoms with Crippen molar-refractivity contribution in [1.29, 1.82) is 0 Å². The van der Waals surface area contributed by atoms with Crippen molar-refractivity contribution in [2.24, 2.45) is 5.92 Å². The van der Waals surface area contributed by atoms with E-state index in [-0.39, 0.29) is 17.6 Å². The number of carbonyl (C=O) groups is 1. The van der Waals surface area contributed by atoms with Crippen LogP contribution in [-0.4, -0.2) is 30.3 Å². The Kier molecular flexibility index (Phi) is 3.76. The van der Waals surface area contributed by atoms with Crippen LogP contribution < -0.4 is 0 Å². The van der Waals surface area contributed by atoms with Gasteiger partial charge in [0.05, 0.1) is 12.3 Å². The van der Waals surface area contributed by atoms with E-state index < -0.39 is 5.97 Å². The van der Waals surface area contributed by atoms with E-state index in [1.54, 1.807) is 7.11 Å². The van der Waals surface area contributed by atoms with E-state index in [0.29, 0.717) is 11.6 Å². The second kappa shape index (κ2) is 5.12. The molecule has 1 N–H and O–H groups in total. The average Bonchev–Trinajstić information content (AvgIpc) is 3.02. The Morgan fingerprint density at radius 2 is 2.29 bits per heavy atom. The van der Waals surface area contributed by atoms with E-state index in [2.05, 4.69) is 4.98 Å². The highest BCUT2D eigenvalue weighted by Crippen LogP contribution is 2.44. The molecule has 0 aromatic carbocycles. The molecule has 0 saturated heterocycles. The third-order valence-electron chi connectivity index (χ3n) is 2.74. The fraction of sp³-hybridized carbons (Fsp3) is 0.636. The molecule has 0 aliphatic heterocycles. The lowest BCUT2D eigenvalue weighted by atomic mass is 10.2. The van der Waals surface area contributed by atoms with E-state index in [9.17, 15) is 4.79 Å². The fourth-order valence-electron chi connectivity index (χ4n) is 1.79. The molecule has 0 amide bonds. The van der Waals surface area contributed by atoms with Gasteiger partial charge in [0, 0.05) is 14.2 Å². The molecule has 0 radical (unpaired) electrons. The highest BCUT2D eigenvalue weighted by atomic mass is 32.1. The summed E-state index contributed by atoms with van der Waals surface area (Å²) in [5.41, 5.74) is 0.489. The van der Waals surface area contributed by atoms with Gasteiger partial charge in [0.25, 0.3) is 0 Å². The van der Waals surface area contributed by atoms with Crippen LogP contribution in [0.15, 0.2) is 0 Å². The molecule has 5 nitrogen and oxygen atoms in total. The Morgan fingerprint density at radius 1 is 1.59 bits per heavy atom. The zero-order valence-corrected chi connectivity index (χ0v) is 10.6. The van der Waals surface area contributed by atoms with Gasteiger partial charge in [0.2, 0.25) is 0 Å². The molecule has 2 rings (SSSR count). The molecule has 6 heteroatoms. The van der Waals surface area contributed by atoms with Gasteiger partial charge in [-0.15, -0.1) is 11.3 Å². The molecule has 1 fully saturated rings. The summed E-state index contributed by atoms with van der Waals surface area (Å²) in [6, 6.07) is 0. The topological polar surface area (TPSA) is 68.7 Å². The summed E-state index contributed by atoms with van der Waals surface area (Å²) in [7, 11) is 3.17. The van der Waals surface area contributed by atoms with Gasteiger partial charge >= 0.3 is 5.97 Å². The van der Waals surface area contributed by atoms with Gasteiger partial charge in [-0.2, -0.15) is 0 Å². The quantitative estimate of drug-likeness (QED) is 0.845. The van der Waals surface area contributed by atoms with E-state index >= 15 is 0 Å². The second-order valence-electron chi connectivity index (χ2n) is 4.06. The van der Waals surface area contributed by atoms with E-state index in [0.717, 1.165) is 17.8 Å². The van der Waals surface area contributed by atoms with Crippen molar-refractivity contribution in [1.82, 2.24) is 4.98 Å². The summed E-state index contributed by atoms with van der Waals surface area (Å²) >= 11 is 1.19. The number of rotatable bonds is 6. The van der Waals surface area contributed by atoms with E-state index in [1.807, 2.05) is 0 Å². The number of nitrogens with zero attached hydrogens (tertiary/aromatic N) is 1. The van der Waals surface area contributed by atoms with Crippen LogP contribution in [0, 0.1) is 5.92 Å². The molecule has 1 aromatic rings. The van der Waals surface area contributed by atoms with Crippen molar-refractivity contribution in [3.8, 4) is 0 Å². The lowest BCUT2D eigenvalue weighted by Gasteiger charge is -2.10. The number of methoxy groups -OCH3 is 2. The van der Waals surface area contributed by atoms with Gasteiger partial charge in [0.1, 0.15) is 16.0 Å². The minimum absolute atomic E-state index is 0.0660. The van der Waals surface area contributed by atoms with Crippen molar-refractivity contribution in [3.63, 3.8) is 0 Å². The highest BCUT2D eigenvalue weighted by Gasteiger charge is 2.35. The van der Waals surface area contributed by atoms with Crippen molar-refractivity contribution in [2.45, 2.75) is 25.6 Å². The van der Waals surface area contributed by atoms with E-state index in [4.69, 9.17) is 14.6 Å². The van der Waals surface area contributed by atoms with Gasteiger partial charge in [-0.25, -0.2) is 9.78 Å². The highest BCUT2D eigenvalue weighted by molar-refractivity contribution is 7.13. The van der Waals surface area contributed by atoms with Gasteiger partial charge in [-0.05, 0) is 18.8 Å². The summed E-state index contributed by atoms with van der Waals surface area (Å²) < 4.78 is 10.4. The maximum Gasteiger partial charge on any atom is 0.347 e. The maximum atomic E-state index is 11.1. The minimum atomic E-state index is -0.952. The van der Waals surface area contributed by atoms with Gasteiger partial charge in [0.15, 0.2) is 0 Å². The number of carboxylic acids is 1. The van der Waals surface area contributed by atoms with Crippen LogP contribution >= 0.6 is 11.3 Å². The van der Waals surface area contributed by atoms with Gasteiger partial charge in [-0.3, -0.25) is 0 Å². The minimum Gasteiger partial charge on any atom is -0.477 e. The van der Waals surface area contributed by atoms with Crippen LogP contribution in [0.1, 0.15) is 39.3 Å². The molecule has 94 valence electrons. The monoisotopic (exact) mass is 257 g/mol. The number of aromatic carboxylic acids is 1. The summed E-state index contributed by atoms with van der Waals surface area (Å²) in [6.45, 7) is 0.221. The summed E-state index contributed by atoms with van der Waals surface area (Å²) in [4.78, 5) is 15.7. The number of aromatic nitrogens is 1. The van der Waals surface area contributed by atoms with Gasteiger partial charge < -0.3 is 14.6 Å². The number of hydrogen-bond donors (Lipinski definition) is 1. The Balaban J connectivity index is 2.28. The first-order chi connectivity index (χ1) is 8.17. The molecule has 0 bridgehead atoms. The standard InChI is InChI=1S/C11H15NO4S/c1-15-5-7-9(11(13)14)17-10(12-7)8(16-2)6-3-4-6/h6,8H,3-5H2,1-2H3,(H,13,14). The third-order valence-corrected chi connectivity index (χ3v) is 3.88. The first-order valence-electron chi connectivity index (χ1n) is 5.42. The lowest BCUT2D eigenvalue weighted by Crippen LogP contribution is -2.03. The Morgan fingerprint density at radius 3 is 2.76 bits per heavy atom. The maximum absolute atomic E-state index is 11.1.